The summed E-state index contributed by atoms with van der Waals surface area (Å²) in [6.45, 7) is 0. The zero-order valence-corrected chi connectivity index (χ0v) is 18.3. The molecule has 0 aliphatic heterocycles. The van der Waals surface area contributed by atoms with Crippen LogP contribution in [0.4, 0.5) is 11.5 Å². The molecule has 0 unspecified atom stereocenters. The van der Waals surface area contributed by atoms with Crippen molar-refractivity contribution < 1.29 is 13.3 Å². The van der Waals surface area contributed by atoms with Gasteiger partial charge in [0.15, 0.2) is 5.82 Å². The van der Waals surface area contributed by atoms with Gasteiger partial charge in [0.25, 0.3) is 15.7 Å². The molecule has 0 aliphatic carbocycles. The fourth-order valence-corrected chi connectivity index (χ4v) is 4.26. The van der Waals surface area contributed by atoms with Crippen LogP contribution in [0.3, 0.4) is 0 Å². The third-order valence-electron chi connectivity index (χ3n) is 4.52. The molecule has 8 nitrogen and oxygen atoms in total. The van der Waals surface area contributed by atoms with E-state index < -0.39 is 14.9 Å². The van der Waals surface area contributed by atoms with Crippen LogP contribution in [0.15, 0.2) is 82.2 Å². The molecule has 0 saturated heterocycles. The Morgan fingerprint density at radius 3 is 2.13 bits per heavy atom. The van der Waals surface area contributed by atoms with Gasteiger partial charge >= 0.3 is 0 Å². The Balaban J connectivity index is 1.74. The average Bonchev–Trinajstić information content (AvgIpc) is 2.75. The molecule has 4 rings (SSSR count). The highest BCUT2D eigenvalue weighted by molar-refractivity contribution is 9.10. The predicted molar refractivity (Wildman–Crippen MR) is 120 cm³/mol. The Hall–Kier alpha value is -3.37. The first-order valence-corrected chi connectivity index (χ1v) is 11.4. The lowest BCUT2D eigenvalue weighted by Crippen LogP contribution is -2.16. The van der Waals surface area contributed by atoms with Crippen LogP contribution in [-0.2, 0) is 16.4 Å². The topological polar surface area (TPSA) is 115 Å². The number of benzene rings is 3. The van der Waals surface area contributed by atoms with Gasteiger partial charge in [-0.3, -0.25) is 14.8 Å². The number of hydrogen-bond acceptors (Lipinski definition) is 6. The zero-order valence-electron chi connectivity index (χ0n) is 15.9. The van der Waals surface area contributed by atoms with Crippen molar-refractivity contribution in [2.75, 3.05) is 4.72 Å². The summed E-state index contributed by atoms with van der Waals surface area (Å²) in [4.78, 5) is 19.2. The minimum Gasteiger partial charge on any atom is -0.262 e. The molecule has 3 aromatic carbocycles. The molecule has 1 N–H and O–H groups in total. The molecule has 4 aromatic rings. The smallest absolute Gasteiger partial charge is 0.262 e. The van der Waals surface area contributed by atoms with E-state index in [9.17, 15) is 18.5 Å². The number of rotatable bonds is 6. The van der Waals surface area contributed by atoms with Gasteiger partial charge in [0.05, 0.1) is 26.5 Å². The fraction of sp³-hybridized carbons (Fsp3) is 0.0476. The van der Waals surface area contributed by atoms with E-state index in [4.69, 9.17) is 0 Å². The van der Waals surface area contributed by atoms with Crippen LogP contribution in [0.5, 0.6) is 0 Å². The Bertz CT molecular complexity index is 1380. The highest BCUT2D eigenvalue weighted by Gasteiger charge is 2.20. The third kappa shape index (κ3) is 4.70. The summed E-state index contributed by atoms with van der Waals surface area (Å²) >= 11 is 3.40. The summed E-state index contributed by atoms with van der Waals surface area (Å²) in [5.74, 6) is 0.111. The molecule has 31 heavy (non-hydrogen) atoms. The number of non-ortho nitro benzene ring substituents is 1. The van der Waals surface area contributed by atoms with E-state index in [0.29, 0.717) is 23.1 Å². The maximum absolute atomic E-state index is 12.9. The Morgan fingerprint density at radius 2 is 1.52 bits per heavy atom. The fourth-order valence-electron chi connectivity index (χ4n) is 2.97. The Kier molecular flexibility index (Phi) is 5.66. The lowest BCUT2D eigenvalue weighted by molar-refractivity contribution is -0.384. The van der Waals surface area contributed by atoms with Gasteiger partial charge in [0.1, 0.15) is 0 Å². The lowest BCUT2D eigenvalue weighted by Gasteiger charge is -2.13. The molecule has 0 aliphatic rings. The van der Waals surface area contributed by atoms with Crippen LogP contribution >= 0.6 is 15.9 Å². The van der Waals surface area contributed by atoms with E-state index >= 15 is 0 Å². The largest absolute Gasteiger partial charge is 0.269 e. The number of nitrogens with one attached hydrogen (secondary N) is 1. The lowest BCUT2D eigenvalue weighted by atomic mass is 10.1. The summed E-state index contributed by atoms with van der Waals surface area (Å²) in [5, 5.41) is 10.8. The van der Waals surface area contributed by atoms with Gasteiger partial charge in [0.2, 0.25) is 0 Å². The average molecular weight is 499 g/mol. The summed E-state index contributed by atoms with van der Waals surface area (Å²) in [5.41, 5.74) is 2.40. The van der Waals surface area contributed by atoms with Gasteiger partial charge in [-0.15, -0.1) is 0 Å². The molecule has 0 spiro atoms. The first-order chi connectivity index (χ1) is 14.8. The van der Waals surface area contributed by atoms with E-state index in [1.165, 1.54) is 12.1 Å². The number of anilines is 1. The SMILES string of the molecule is O=[N+]([O-])c1ccc(S(=O)(=O)Nc2nc3ccccc3nc2Cc2ccc(Br)cc2)cc1. The normalized spacial score (nSPS) is 11.4. The summed E-state index contributed by atoms with van der Waals surface area (Å²) in [6, 6.07) is 19.4. The molecule has 1 aromatic heterocycles. The van der Waals surface area contributed by atoms with Crippen LogP contribution in [0.2, 0.25) is 0 Å². The number of para-hydroxylation sites is 2. The number of halogens is 1. The minimum absolute atomic E-state index is 0.109. The molecular formula is C21H15BrN4O4S. The second-order valence-corrected chi connectivity index (χ2v) is 9.27. The molecule has 0 radical (unpaired) electrons. The third-order valence-corrected chi connectivity index (χ3v) is 6.40. The summed E-state index contributed by atoms with van der Waals surface area (Å²) in [6.07, 6.45) is 0.364. The molecular weight excluding hydrogens is 484 g/mol. The molecule has 10 heteroatoms. The zero-order chi connectivity index (χ0) is 22.0. The maximum atomic E-state index is 12.9. The maximum Gasteiger partial charge on any atom is 0.269 e. The van der Waals surface area contributed by atoms with Gasteiger partial charge in [-0.2, -0.15) is 0 Å². The molecule has 156 valence electrons. The number of nitrogens with zero attached hydrogens (tertiary/aromatic N) is 3. The summed E-state index contributed by atoms with van der Waals surface area (Å²) < 4.78 is 29.3. The van der Waals surface area contributed by atoms with Crippen molar-refractivity contribution in [2.24, 2.45) is 0 Å². The number of fused-ring (bicyclic) bond motifs is 1. The molecule has 0 atom stereocenters. The van der Waals surface area contributed by atoms with Crippen LogP contribution in [-0.4, -0.2) is 23.3 Å². The van der Waals surface area contributed by atoms with E-state index in [0.717, 1.165) is 22.2 Å². The monoisotopic (exact) mass is 498 g/mol. The van der Waals surface area contributed by atoms with E-state index in [2.05, 4.69) is 30.6 Å². The van der Waals surface area contributed by atoms with Gasteiger partial charge in [-0.25, -0.2) is 18.4 Å². The molecule has 0 amide bonds. The second-order valence-electron chi connectivity index (χ2n) is 6.67. The van der Waals surface area contributed by atoms with Crippen molar-refractivity contribution in [3.63, 3.8) is 0 Å². The Labute approximate surface area is 186 Å². The van der Waals surface area contributed by atoms with E-state index in [1.807, 2.05) is 36.4 Å². The first-order valence-electron chi connectivity index (χ1n) is 9.09. The molecule has 0 saturated carbocycles. The van der Waals surface area contributed by atoms with Crippen molar-refractivity contribution in [1.82, 2.24) is 9.97 Å². The van der Waals surface area contributed by atoms with E-state index in [-0.39, 0.29) is 16.4 Å². The van der Waals surface area contributed by atoms with Crippen LogP contribution in [0, 0.1) is 10.1 Å². The van der Waals surface area contributed by atoms with Gasteiger partial charge in [0, 0.05) is 23.0 Å². The number of nitro benzene ring substituents is 1. The van der Waals surface area contributed by atoms with Gasteiger partial charge in [-0.05, 0) is 42.0 Å². The van der Waals surface area contributed by atoms with Crippen molar-refractivity contribution in [3.8, 4) is 0 Å². The van der Waals surface area contributed by atoms with Crippen molar-refractivity contribution >= 4 is 48.5 Å². The van der Waals surface area contributed by atoms with Crippen LogP contribution < -0.4 is 4.72 Å². The van der Waals surface area contributed by atoms with Crippen molar-refractivity contribution in [2.45, 2.75) is 11.3 Å². The number of hydrogen-bond donors (Lipinski definition) is 1. The van der Waals surface area contributed by atoms with Crippen molar-refractivity contribution in [1.29, 1.82) is 0 Å². The highest BCUT2D eigenvalue weighted by atomic mass is 79.9. The number of nitro groups is 1. The molecule has 1 heterocycles. The predicted octanol–water partition coefficient (Wildman–Crippen LogP) is 4.69. The standard InChI is InChI=1S/C21H15BrN4O4S/c22-15-7-5-14(6-8-15)13-20-21(24-19-4-2-1-3-18(19)23-20)25-31(29,30)17-11-9-16(10-12-17)26(27)28/h1-12H,13H2,(H,24,25). The minimum atomic E-state index is -4.03. The first kappa shape index (κ1) is 20.9. The second kappa shape index (κ2) is 8.40. The number of aromatic nitrogens is 2. The molecule has 0 bridgehead atoms. The highest BCUT2D eigenvalue weighted by Crippen LogP contribution is 2.24. The van der Waals surface area contributed by atoms with Crippen molar-refractivity contribution in [3.05, 3.63) is 98.6 Å². The van der Waals surface area contributed by atoms with Crippen LogP contribution in [0.25, 0.3) is 11.0 Å². The van der Waals surface area contributed by atoms with Gasteiger partial charge in [-0.1, -0.05) is 40.2 Å². The quantitative estimate of drug-likeness (QED) is 0.304. The molecule has 0 fully saturated rings. The number of sulfonamides is 1. The summed E-state index contributed by atoms with van der Waals surface area (Å²) in [7, 11) is -4.03. The van der Waals surface area contributed by atoms with Crippen LogP contribution in [0.1, 0.15) is 11.3 Å². The van der Waals surface area contributed by atoms with E-state index in [1.54, 1.807) is 12.1 Å². The van der Waals surface area contributed by atoms with Gasteiger partial charge < -0.3 is 0 Å². The Morgan fingerprint density at radius 1 is 0.903 bits per heavy atom.